The summed E-state index contributed by atoms with van der Waals surface area (Å²) >= 11 is 0. The maximum atomic E-state index is 12.6. The normalized spacial score (nSPS) is 23.7. The van der Waals surface area contributed by atoms with Crippen LogP contribution in [0.1, 0.15) is 58.4 Å². The van der Waals surface area contributed by atoms with E-state index in [1.807, 2.05) is 51.1 Å². The summed E-state index contributed by atoms with van der Waals surface area (Å²) < 4.78 is 0. The first kappa shape index (κ1) is 19.9. The average molecular weight is 347 g/mol. The highest BCUT2D eigenvalue weighted by atomic mass is 16.3. The lowest BCUT2D eigenvalue weighted by molar-refractivity contribution is -0.129. The third kappa shape index (κ3) is 6.44. The Labute approximate surface area is 152 Å². The van der Waals surface area contributed by atoms with Crippen molar-refractivity contribution < 1.29 is 9.90 Å². The molecule has 25 heavy (non-hydrogen) atoms. The molecule has 0 spiro atoms. The number of amides is 1. The van der Waals surface area contributed by atoms with Crippen LogP contribution in [0, 0.1) is 11.8 Å². The van der Waals surface area contributed by atoms with E-state index in [2.05, 4.69) is 5.32 Å². The SMILES string of the molecule is CC(C)(C)NC(=O)C1CCCCC1C[C@@H](O)[C@@H](N)Cc1ccccc1. The van der Waals surface area contributed by atoms with Gasteiger partial charge < -0.3 is 16.2 Å². The summed E-state index contributed by atoms with van der Waals surface area (Å²) in [5, 5.41) is 13.7. The Morgan fingerprint density at radius 2 is 1.88 bits per heavy atom. The Bertz CT molecular complexity index is 539. The smallest absolute Gasteiger partial charge is 0.223 e. The molecular formula is C21H34N2O2. The molecular weight excluding hydrogens is 312 g/mol. The number of aliphatic hydroxyl groups is 1. The number of hydrogen-bond donors (Lipinski definition) is 3. The first-order valence-corrected chi connectivity index (χ1v) is 9.56. The van der Waals surface area contributed by atoms with Gasteiger partial charge in [0.2, 0.25) is 5.91 Å². The summed E-state index contributed by atoms with van der Waals surface area (Å²) in [7, 11) is 0. The molecule has 1 fully saturated rings. The van der Waals surface area contributed by atoms with Crippen LogP contribution in [0.3, 0.4) is 0 Å². The number of aliphatic hydroxyl groups excluding tert-OH is 1. The Balaban J connectivity index is 1.94. The van der Waals surface area contributed by atoms with Crippen LogP contribution in [0.5, 0.6) is 0 Å². The van der Waals surface area contributed by atoms with Crippen molar-refractivity contribution in [3.05, 3.63) is 35.9 Å². The first-order valence-electron chi connectivity index (χ1n) is 9.56. The Kier molecular flexibility index (Phi) is 7.03. The molecule has 0 saturated heterocycles. The van der Waals surface area contributed by atoms with Gasteiger partial charge in [-0.3, -0.25) is 4.79 Å². The summed E-state index contributed by atoms with van der Waals surface area (Å²) in [6.07, 6.45) is 4.82. The molecule has 4 N–H and O–H groups in total. The Hall–Kier alpha value is -1.39. The maximum Gasteiger partial charge on any atom is 0.223 e. The second-order valence-electron chi connectivity index (χ2n) is 8.55. The zero-order valence-corrected chi connectivity index (χ0v) is 15.9. The monoisotopic (exact) mass is 346 g/mol. The molecule has 1 aliphatic carbocycles. The minimum absolute atomic E-state index is 0.00782. The third-order valence-electron chi connectivity index (χ3n) is 5.10. The molecule has 2 rings (SSSR count). The summed E-state index contributed by atoms with van der Waals surface area (Å²) in [6.45, 7) is 6.02. The van der Waals surface area contributed by atoms with Gasteiger partial charge in [-0.2, -0.15) is 0 Å². The van der Waals surface area contributed by atoms with E-state index in [1.165, 1.54) is 0 Å². The van der Waals surface area contributed by atoms with Crippen molar-refractivity contribution in [1.82, 2.24) is 5.32 Å². The highest BCUT2D eigenvalue weighted by molar-refractivity contribution is 5.79. The highest BCUT2D eigenvalue weighted by Crippen LogP contribution is 2.34. The molecule has 0 aromatic heterocycles. The molecule has 4 nitrogen and oxygen atoms in total. The van der Waals surface area contributed by atoms with Gasteiger partial charge in [0.05, 0.1) is 6.10 Å². The number of nitrogens with one attached hydrogen (secondary N) is 1. The van der Waals surface area contributed by atoms with Gasteiger partial charge >= 0.3 is 0 Å². The van der Waals surface area contributed by atoms with E-state index in [9.17, 15) is 9.90 Å². The zero-order valence-electron chi connectivity index (χ0n) is 15.9. The highest BCUT2D eigenvalue weighted by Gasteiger charge is 2.34. The van der Waals surface area contributed by atoms with Crippen molar-refractivity contribution in [2.75, 3.05) is 0 Å². The molecule has 1 saturated carbocycles. The van der Waals surface area contributed by atoms with Gasteiger partial charge in [-0.05, 0) is 57.9 Å². The van der Waals surface area contributed by atoms with Crippen LogP contribution in [-0.4, -0.2) is 28.7 Å². The van der Waals surface area contributed by atoms with Gasteiger partial charge in [-0.25, -0.2) is 0 Å². The molecule has 1 amide bonds. The second-order valence-corrected chi connectivity index (χ2v) is 8.55. The molecule has 0 aliphatic heterocycles. The van der Waals surface area contributed by atoms with Crippen LogP contribution in [0.4, 0.5) is 0 Å². The summed E-state index contributed by atoms with van der Waals surface area (Å²) in [5.41, 5.74) is 7.16. The lowest BCUT2D eigenvalue weighted by atomic mass is 9.75. The van der Waals surface area contributed by atoms with Crippen molar-refractivity contribution in [1.29, 1.82) is 0 Å². The van der Waals surface area contributed by atoms with Crippen molar-refractivity contribution in [3.63, 3.8) is 0 Å². The van der Waals surface area contributed by atoms with E-state index in [0.717, 1.165) is 31.2 Å². The molecule has 4 heteroatoms. The fraction of sp³-hybridized carbons (Fsp3) is 0.667. The largest absolute Gasteiger partial charge is 0.391 e. The van der Waals surface area contributed by atoms with Crippen LogP contribution >= 0.6 is 0 Å². The zero-order chi connectivity index (χ0) is 18.4. The van der Waals surface area contributed by atoms with Gasteiger partial charge in [0.25, 0.3) is 0 Å². The summed E-state index contributed by atoms with van der Waals surface area (Å²) in [4.78, 5) is 12.6. The quantitative estimate of drug-likeness (QED) is 0.741. The van der Waals surface area contributed by atoms with Crippen molar-refractivity contribution in [3.8, 4) is 0 Å². The molecule has 1 aliphatic rings. The van der Waals surface area contributed by atoms with Crippen LogP contribution < -0.4 is 11.1 Å². The summed E-state index contributed by atoms with van der Waals surface area (Å²) in [6, 6.07) is 9.73. The maximum absolute atomic E-state index is 12.6. The van der Waals surface area contributed by atoms with E-state index in [-0.39, 0.29) is 29.3 Å². The van der Waals surface area contributed by atoms with Crippen LogP contribution in [0.2, 0.25) is 0 Å². The van der Waals surface area contributed by atoms with E-state index < -0.39 is 6.10 Å². The topological polar surface area (TPSA) is 75.3 Å². The fourth-order valence-electron chi connectivity index (χ4n) is 3.80. The van der Waals surface area contributed by atoms with Crippen LogP contribution in [0.25, 0.3) is 0 Å². The predicted molar refractivity (Wildman–Crippen MR) is 102 cm³/mol. The molecule has 0 bridgehead atoms. The van der Waals surface area contributed by atoms with Crippen molar-refractivity contribution >= 4 is 5.91 Å². The molecule has 0 heterocycles. The lowest BCUT2D eigenvalue weighted by Gasteiger charge is -2.35. The molecule has 1 aromatic rings. The predicted octanol–water partition coefficient (Wildman–Crippen LogP) is 3.03. The third-order valence-corrected chi connectivity index (χ3v) is 5.10. The molecule has 140 valence electrons. The molecule has 2 unspecified atom stereocenters. The van der Waals surface area contributed by atoms with Gasteiger partial charge in [-0.15, -0.1) is 0 Å². The number of carbonyl (C=O) groups is 1. The number of benzene rings is 1. The average Bonchev–Trinajstić information content (AvgIpc) is 2.54. The number of nitrogens with two attached hydrogens (primary N) is 1. The molecule has 4 atom stereocenters. The lowest BCUT2D eigenvalue weighted by Crippen LogP contribution is -2.47. The fourth-order valence-corrected chi connectivity index (χ4v) is 3.80. The van der Waals surface area contributed by atoms with Gasteiger partial charge in [-0.1, -0.05) is 43.2 Å². The number of rotatable bonds is 6. The minimum atomic E-state index is -0.576. The van der Waals surface area contributed by atoms with E-state index in [1.54, 1.807) is 0 Å². The van der Waals surface area contributed by atoms with Crippen LogP contribution in [-0.2, 0) is 11.2 Å². The minimum Gasteiger partial charge on any atom is -0.391 e. The van der Waals surface area contributed by atoms with E-state index >= 15 is 0 Å². The van der Waals surface area contributed by atoms with Gasteiger partial charge in [0, 0.05) is 17.5 Å². The summed E-state index contributed by atoms with van der Waals surface area (Å²) in [5.74, 6) is 0.334. The Morgan fingerprint density at radius 1 is 1.24 bits per heavy atom. The molecule has 0 radical (unpaired) electrons. The van der Waals surface area contributed by atoms with Crippen LogP contribution in [0.15, 0.2) is 30.3 Å². The van der Waals surface area contributed by atoms with E-state index in [4.69, 9.17) is 5.73 Å². The first-order chi connectivity index (χ1) is 11.8. The van der Waals surface area contributed by atoms with E-state index in [0.29, 0.717) is 12.8 Å². The standard InChI is InChI=1S/C21H34N2O2/c1-21(2,3)23-20(25)17-12-8-7-11-16(17)14-19(24)18(22)13-15-9-5-4-6-10-15/h4-6,9-10,16-19,24H,7-8,11-14,22H2,1-3H3,(H,23,25)/t16?,17?,18-,19+/m0/s1. The number of carbonyl (C=O) groups excluding carboxylic acids is 1. The molecule has 1 aromatic carbocycles. The Morgan fingerprint density at radius 3 is 2.52 bits per heavy atom. The van der Waals surface area contributed by atoms with Crippen molar-refractivity contribution in [2.45, 2.75) is 77.0 Å². The number of hydrogen-bond acceptors (Lipinski definition) is 3. The van der Waals surface area contributed by atoms with Gasteiger partial charge in [0.15, 0.2) is 0 Å². The second kappa shape index (κ2) is 8.81. The van der Waals surface area contributed by atoms with Crippen molar-refractivity contribution in [2.24, 2.45) is 17.6 Å². The van der Waals surface area contributed by atoms with Gasteiger partial charge in [0.1, 0.15) is 0 Å².